The number of carboxylic acids is 2. The molecule has 2 aromatic rings. The van der Waals surface area contributed by atoms with E-state index in [1.165, 1.54) is 0 Å². The predicted octanol–water partition coefficient (Wildman–Crippen LogP) is 2.55. The number of aromatic amines is 1. The number of para-hydroxylation sites is 1. The van der Waals surface area contributed by atoms with E-state index in [1.807, 2.05) is 30.3 Å². The molecular weight excluding hydrogens is 333 g/mol. The molecule has 0 radical (unpaired) electrons. The van der Waals surface area contributed by atoms with Gasteiger partial charge in [-0.15, -0.1) is 0 Å². The first-order valence-corrected chi connectivity index (χ1v) is 9.62. The molecular formula is C16H20NO6P. The summed E-state index contributed by atoms with van der Waals surface area (Å²) in [5.41, 5.74) is 1.74. The Bertz CT molecular complexity index is 751. The van der Waals surface area contributed by atoms with Gasteiger partial charge in [-0.05, 0) is 30.4 Å². The molecule has 0 saturated heterocycles. The Morgan fingerprint density at radius 1 is 1.21 bits per heavy atom. The minimum atomic E-state index is -3.66. The lowest BCUT2D eigenvalue weighted by molar-refractivity contribution is -0.142. The van der Waals surface area contributed by atoms with Crippen molar-refractivity contribution in [2.24, 2.45) is 5.92 Å². The summed E-state index contributed by atoms with van der Waals surface area (Å²) in [6, 6.07) is 9.52. The van der Waals surface area contributed by atoms with Gasteiger partial charge in [0, 0.05) is 30.0 Å². The molecule has 1 aromatic heterocycles. The van der Waals surface area contributed by atoms with Crippen molar-refractivity contribution in [2.75, 3.05) is 12.3 Å². The number of H-pyrrole nitrogens is 1. The fraction of sp³-hybridized carbons (Fsp3) is 0.375. The number of carbonyl (C=O) groups is 2. The minimum Gasteiger partial charge on any atom is -0.481 e. The molecule has 0 aliphatic carbocycles. The molecule has 0 spiro atoms. The number of benzene rings is 1. The van der Waals surface area contributed by atoms with E-state index in [1.54, 1.807) is 0 Å². The van der Waals surface area contributed by atoms with Crippen LogP contribution in [0.25, 0.3) is 10.9 Å². The normalized spacial score (nSPS) is 15.0. The summed E-state index contributed by atoms with van der Waals surface area (Å²) in [6.45, 7) is 0. The highest BCUT2D eigenvalue weighted by atomic mass is 31.2. The quantitative estimate of drug-likeness (QED) is 0.513. The maximum Gasteiger partial charge on any atom is 0.307 e. The first-order chi connectivity index (χ1) is 11.3. The van der Waals surface area contributed by atoms with Crippen LogP contribution in [0.3, 0.4) is 0 Å². The maximum absolute atomic E-state index is 12.3. The second kappa shape index (κ2) is 7.64. The van der Waals surface area contributed by atoms with Crippen LogP contribution in [0.5, 0.6) is 0 Å². The third kappa shape index (κ3) is 5.22. The van der Waals surface area contributed by atoms with Gasteiger partial charge in [0.1, 0.15) is 0 Å². The number of rotatable bonds is 9. The summed E-state index contributed by atoms with van der Waals surface area (Å²) in [5.74, 6) is -3.48. The van der Waals surface area contributed by atoms with Crippen molar-refractivity contribution in [2.45, 2.75) is 19.3 Å². The lowest BCUT2D eigenvalue weighted by Crippen LogP contribution is -2.20. The third-order valence-corrected chi connectivity index (χ3v) is 5.81. The van der Waals surface area contributed by atoms with Gasteiger partial charge in [-0.25, -0.2) is 0 Å². The van der Waals surface area contributed by atoms with Crippen molar-refractivity contribution in [3.8, 4) is 0 Å². The lowest BCUT2D eigenvalue weighted by Gasteiger charge is -2.16. The van der Waals surface area contributed by atoms with Crippen LogP contribution in [0.2, 0.25) is 0 Å². The molecule has 2 unspecified atom stereocenters. The molecule has 1 aromatic carbocycles. The summed E-state index contributed by atoms with van der Waals surface area (Å²) in [7, 11) is -3.66. The number of carboxylic acid groups (broad SMARTS) is 2. The van der Waals surface area contributed by atoms with Crippen molar-refractivity contribution in [3.63, 3.8) is 0 Å². The topological polar surface area (TPSA) is 128 Å². The van der Waals surface area contributed by atoms with Crippen LogP contribution in [0.1, 0.15) is 18.5 Å². The van der Waals surface area contributed by atoms with E-state index >= 15 is 0 Å². The van der Waals surface area contributed by atoms with Crippen molar-refractivity contribution in [1.82, 2.24) is 4.98 Å². The summed E-state index contributed by atoms with van der Waals surface area (Å²) in [5, 5.41) is 18.7. The van der Waals surface area contributed by atoms with Crippen molar-refractivity contribution < 1.29 is 29.3 Å². The zero-order chi connectivity index (χ0) is 17.7. The standard InChI is InChI=1S/C16H20NO6P/c18-15(19)6-5-12(16(20)21)10-24(22,23)8-7-13-9-11-3-1-2-4-14(11)17-13/h1-4,9,12,17H,5-8,10H2,(H,18,19)(H,20,21)(H,22,23). The Kier molecular flexibility index (Phi) is 5.80. The van der Waals surface area contributed by atoms with E-state index in [9.17, 15) is 19.0 Å². The summed E-state index contributed by atoms with van der Waals surface area (Å²) < 4.78 is 12.3. The molecule has 24 heavy (non-hydrogen) atoms. The molecule has 2 rings (SSSR count). The summed E-state index contributed by atoms with van der Waals surface area (Å²) >= 11 is 0. The number of aryl methyl sites for hydroxylation is 1. The Morgan fingerprint density at radius 3 is 2.54 bits per heavy atom. The van der Waals surface area contributed by atoms with E-state index in [-0.39, 0.29) is 19.0 Å². The van der Waals surface area contributed by atoms with Crippen LogP contribution in [0, 0.1) is 5.92 Å². The Hall–Kier alpha value is -2.11. The van der Waals surface area contributed by atoms with Gasteiger partial charge >= 0.3 is 11.9 Å². The third-order valence-electron chi connectivity index (χ3n) is 3.88. The highest BCUT2D eigenvalue weighted by Gasteiger charge is 2.29. The number of aliphatic carboxylic acids is 2. The van der Waals surface area contributed by atoms with Gasteiger partial charge in [0.15, 0.2) is 0 Å². The molecule has 0 amide bonds. The second-order valence-corrected chi connectivity index (χ2v) is 8.36. The monoisotopic (exact) mass is 353 g/mol. The Morgan fingerprint density at radius 2 is 1.92 bits per heavy atom. The van der Waals surface area contributed by atoms with Gasteiger partial charge in [-0.3, -0.25) is 14.2 Å². The molecule has 0 fully saturated rings. The average molecular weight is 353 g/mol. The number of hydrogen-bond acceptors (Lipinski definition) is 3. The number of nitrogens with one attached hydrogen (secondary N) is 1. The first kappa shape index (κ1) is 18.2. The van der Waals surface area contributed by atoms with Gasteiger partial charge in [0.05, 0.1) is 5.92 Å². The minimum absolute atomic E-state index is 0.0450. The van der Waals surface area contributed by atoms with E-state index in [2.05, 4.69) is 4.98 Å². The maximum atomic E-state index is 12.3. The molecule has 7 nitrogen and oxygen atoms in total. The first-order valence-electron chi connectivity index (χ1n) is 7.59. The van der Waals surface area contributed by atoms with E-state index in [0.29, 0.717) is 6.42 Å². The lowest BCUT2D eigenvalue weighted by atomic mass is 10.1. The van der Waals surface area contributed by atoms with Crippen molar-refractivity contribution in [3.05, 3.63) is 36.0 Å². The Labute approximate surface area is 138 Å². The van der Waals surface area contributed by atoms with E-state index in [0.717, 1.165) is 16.6 Å². The SMILES string of the molecule is O=C(O)CCC(CP(=O)(O)CCc1cc2ccccc2[nH]1)C(=O)O. The van der Waals surface area contributed by atoms with Gasteiger partial charge in [-0.2, -0.15) is 0 Å². The second-order valence-electron chi connectivity index (χ2n) is 5.85. The van der Waals surface area contributed by atoms with Crippen LogP contribution < -0.4 is 0 Å². The molecule has 2 atom stereocenters. The highest BCUT2D eigenvalue weighted by molar-refractivity contribution is 7.58. The summed E-state index contributed by atoms with van der Waals surface area (Å²) in [4.78, 5) is 34.9. The zero-order valence-corrected chi connectivity index (χ0v) is 13.9. The summed E-state index contributed by atoms with van der Waals surface area (Å²) in [6.07, 6.45) is -0.610. The molecule has 4 N–H and O–H groups in total. The number of fused-ring (bicyclic) bond motifs is 1. The molecule has 0 bridgehead atoms. The fourth-order valence-corrected chi connectivity index (χ4v) is 4.39. The van der Waals surface area contributed by atoms with Gasteiger partial charge in [0.2, 0.25) is 7.37 Å². The number of hydrogen-bond donors (Lipinski definition) is 4. The zero-order valence-electron chi connectivity index (χ0n) is 13.0. The van der Waals surface area contributed by atoms with E-state index in [4.69, 9.17) is 10.2 Å². The molecule has 0 aliphatic rings. The van der Waals surface area contributed by atoms with Crippen LogP contribution >= 0.6 is 7.37 Å². The highest BCUT2D eigenvalue weighted by Crippen LogP contribution is 2.44. The van der Waals surface area contributed by atoms with Crippen molar-refractivity contribution in [1.29, 1.82) is 0 Å². The smallest absolute Gasteiger partial charge is 0.307 e. The largest absolute Gasteiger partial charge is 0.481 e. The van der Waals surface area contributed by atoms with Gasteiger partial charge in [-0.1, -0.05) is 18.2 Å². The molecule has 130 valence electrons. The van der Waals surface area contributed by atoms with Crippen LogP contribution in [0.4, 0.5) is 0 Å². The fourth-order valence-electron chi connectivity index (χ4n) is 2.59. The molecule has 8 heteroatoms. The van der Waals surface area contributed by atoms with Gasteiger partial charge < -0.3 is 20.1 Å². The molecule has 0 aliphatic heterocycles. The predicted molar refractivity (Wildman–Crippen MR) is 89.6 cm³/mol. The van der Waals surface area contributed by atoms with Crippen LogP contribution in [0.15, 0.2) is 30.3 Å². The molecule has 0 saturated carbocycles. The van der Waals surface area contributed by atoms with Crippen LogP contribution in [-0.4, -0.2) is 44.4 Å². The Balaban J connectivity index is 1.97. The molecule has 1 heterocycles. The average Bonchev–Trinajstić information content (AvgIpc) is 2.92. The van der Waals surface area contributed by atoms with Crippen molar-refractivity contribution >= 4 is 30.2 Å². The number of aromatic nitrogens is 1. The van der Waals surface area contributed by atoms with Crippen LogP contribution in [-0.2, 0) is 20.6 Å². The van der Waals surface area contributed by atoms with E-state index < -0.39 is 31.4 Å². The van der Waals surface area contributed by atoms with Gasteiger partial charge in [0.25, 0.3) is 0 Å².